The Morgan fingerprint density at radius 2 is 1.28 bits per heavy atom. The van der Waals surface area contributed by atoms with Crippen molar-refractivity contribution in [2.75, 3.05) is 0 Å². The van der Waals surface area contributed by atoms with Crippen LogP contribution in [0.2, 0.25) is 10.0 Å². The van der Waals surface area contributed by atoms with E-state index in [-0.39, 0.29) is 0 Å². The topological polar surface area (TPSA) is 82.9 Å². The molecule has 0 heterocycles. The van der Waals surface area contributed by atoms with Crippen molar-refractivity contribution in [3.05, 3.63) is 69.7 Å². The van der Waals surface area contributed by atoms with Gasteiger partial charge in [0.2, 0.25) is 11.8 Å². The highest BCUT2D eigenvalue weighted by Gasteiger charge is 2.07. The normalized spacial score (nSPS) is 11.0. The molecule has 6 nitrogen and oxygen atoms in total. The molecule has 2 N–H and O–H groups in total. The second-order valence-corrected chi connectivity index (χ2v) is 5.75. The van der Waals surface area contributed by atoms with E-state index < -0.39 is 18.2 Å². The molecule has 0 aliphatic rings. The average molecular weight is 377 g/mol. The Kier molecular flexibility index (Phi) is 7.13. The van der Waals surface area contributed by atoms with Crippen molar-refractivity contribution in [3.8, 4) is 0 Å². The van der Waals surface area contributed by atoms with Gasteiger partial charge in [-0.25, -0.2) is 10.9 Å². The van der Waals surface area contributed by atoms with Crippen LogP contribution in [0.3, 0.4) is 0 Å². The zero-order chi connectivity index (χ0) is 18.1. The lowest BCUT2D eigenvalue weighted by molar-refractivity contribution is -0.129. The van der Waals surface area contributed by atoms with E-state index in [1.54, 1.807) is 48.5 Å². The molecule has 2 aromatic rings. The van der Waals surface area contributed by atoms with Crippen molar-refractivity contribution < 1.29 is 9.59 Å². The van der Waals surface area contributed by atoms with E-state index in [4.69, 9.17) is 23.2 Å². The Bertz CT molecular complexity index is 754. The number of hydrazone groups is 2. The first-order valence-electron chi connectivity index (χ1n) is 7.18. The first-order chi connectivity index (χ1) is 12.0. The van der Waals surface area contributed by atoms with Crippen molar-refractivity contribution in [1.82, 2.24) is 10.9 Å². The Morgan fingerprint density at radius 3 is 1.68 bits per heavy atom. The van der Waals surface area contributed by atoms with Gasteiger partial charge in [-0.2, -0.15) is 10.2 Å². The molecule has 2 aromatic carbocycles. The molecule has 0 spiro atoms. The number of nitrogens with zero attached hydrogens (tertiary/aromatic N) is 2. The fourth-order valence-corrected chi connectivity index (χ4v) is 2.15. The summed E-state index contributed by atoms with van der Waals surface area (Å²) in [4.78, 5) is 23.2. The van der Waals surface area contributed by atoms with Gasteiger partial charge in [0, 0.05) is 10.0 Å². The van der Waals surface area contributed by atoms with Gasteiger partial charge in [0.25, 0.3) is 0 Å². The monoisotopic (exact) mass is 376 g/mol. The van der Waals surface area contributed by atoms with E-state index >= 15 is 0 Å². The summed E-state index contributed by atoms with van der Waals surface area (Å²) in [7, 11) is 0. The summed E-state index contributed by atoms with van der Waals surface area (Å²) >= 11 is 11.7. The van der Waals surface area contributed by atoms with E-state index in [2.05, 4.69) is 21.1 Å². The zero-order valence-electron chi connectivity index (χ0n) is 12.9. The summed E-state index contributed by atoms with van der Waals surface area (Å²) in [6.45, 7) is 0. The predicted octanol–water partition coefficient (Wildman–Crippen LogP) is 2.98. The number of hydrogen-bond donors (Lipinski definition) is 2. The lowest BCUT2D eigenvalue weighted by Crippen LogP contribution is -2.27. The molecule has 25 heavy (non-hydrogen) atoms. The van der Waals surface area contributed by atoms with Crippen LogP contribution < -0.4 is 10.9 Å². The van der Waals surface area contributed by atoms with Crippen LogP contribution in [-0.2, 0) is 9.59 Å². The summed E-state index contributed by atoms with van der Waals surface area (Å²) in [5.41, 5.74) is 5.96. The molecule has 0 unspecified atom stereocenters. The third-order valence-electron chi connectivity index (χ3n) is 2.82. The molecule has 0 bridgehead atoms. The molecule has 0 aliphatic heterocycles. The highest BCUT2D eigenvalue weighted by molar-refractivity contribution is 6.31. The maximum atomic E-state index is 11.6. The van der Waals surface area contributed by atoms with Gasteiger partial charge in [0.1, 0.15) is 6.42 Å². The lowest BCUT2D eigenvalue weighted by Gasteiger charge is -2.00. The molecule has 128 valence electrons. The molecule has 0 saturated carbocycles. The first-order valence-corrected chi connectivity index (χ1v) is 7.93. The fraction of sp³-hybridized carbons (Fsp3) is 0.0588. The van der Waals surface area contributed by atoms with Crippen molar-refractivity contribution >= 4 is 47.4 Å². The van der Waals surface area contributed by atoms with Crippen molar-refractivity contribution in [2.24, 2.45) is 10.2 Å². The summed E-state index contributed by atoms with van der Waals surface area (Å²) in [6, 6.07) is 13.9. The Morgan fingerprint density at radius 1 is 0.840 bits per heavy atom. The molecule has 0 fully saturated rings. The minimum atomic E-state index is -0.561. The molecule has 2 rings (SSSR count). The van der Waals surface area contributed by atoms with E-state index in [1.165, 1.54) is 12.4 Å². The summed E-state index contributed by atoms with van der Waals surface area (Å²) in [5.74, 6) is -1.12. The minimum Gasteiger partial charge on any atom is -0.273 e. The van der Waals surface area contributed by atoms with Crippen LogP contribution in [0.4, 0.5) is 0 Å². The van der Waals surface area contributed by atoms with Crippen LogP contribution in [0.5, 0.6) is 0 Å². The highest BCUT2D eigenvalue weighted by Crippen LogP contribution is 2.09. The number of nitrogens with one attached hydrogen (secondary N) is 2. The molecule has 0 radical (unpaired) electrons. The number of carbonyl (C=O) groups excluding carboxylic acids is 2. The van der Waals surface area contributed by atoms with Gasteiger partial charge in [-0.3, -0.25) is 9.59 Å². The van der Waals surface area contributed by atoms with Crippen molar-refractivity contribution in [1.29, 1.82) is 0 Å². The predicted molar refractivity (Wildman–Crippen MR) is 99.0 cm³/mol. The molecular formula is C17H14Cl2N4O2. The van der Waals surface area contributed by atoms with Gasteiger partial charge in [-0.05, 0) is 35.4 Å². The zero-order valence-corrected chi connectivity index (χ0v) is 14.5. The Labute approximate surface area is 154 Å². The number of hydrogen-bond acceptors (Lipinski definition) is 4. The fourth-order valence-electron chi connectivity index (χ4n) is 1.76. The SMILES string of the molecule is O=C(CC(=O)N/N=C/c1cccc(Cl)c1)N/N=C\c1cccc(Cl)c1. The van der Waals surface area contributed by atoms with Crippen LogP contribution in [0, 0.1) is 0 Å². The average Bonchev–Trinajstić information content (AvgIpc) is 2.55. The molecule has 0 atom stereocenters. The Hall–Kier alpha value is -2.70. The van der Waals surface area contributed by atoms with Crippen LogP contribution in [0.1, 0.15) is 17.5 Å². The molecule has 2 amide bonds. The lowest BCUT2D eigenvalue weighted by atomic mass is 10.2. The van der Waals surface area contributed by atoms with Gasteiger partial charge in [-0.15, -0.1) is 0 Å². The number of amides is 2. The van der Waals surface area contributed by atoms with Crippen LogP contribution in [0.15, 0.2) is 58.7 Å². The largest absolute Gasteiger partial charge is 0.273 e. The van der Waals surface area contributed by atoms with Crippen molar-refractivity contribution in [3.63, 3.8) is 0 Å². The van der Waals surface area contributed by atoms with E-state index in [9.17, 15) is 9.59 Å². The standard InChI is InChI=1S/C17H14Cl2N4O2/c18-14-5-1-3-12(7-14)10-20-22-16(24)9-17(25)23-21-11-13-4-2-6-15(19)8-13/h1-8,10-11H,9H2,(H,22,24)(H,23,25)/b20-10-,21-11+. The van der Waals surface area contributed by atoms with Crippen LogP contribution >= 0.6 is 23.2 Å². The number of rotatable bonds is 6. The minimum absolute atomic E-state index is 0.403. The maximum Gasteiger partial charge on any atom is 0.249 e. The number of carbonyl (C=O) groups is 2. The quantitative estimate of drug-likeness (QED) is 0.461. The van der Waals surface area contributed by atoms with Gasteiger partial charge in [0.05, 0.1) is 12.4 Å². The second kappa shape index (κ2) is 9.56. The Balaban J connectivity index is 1.75. The third kappa shape index (κ3) is 7.15. The van der Waals surface area contributed by atoms with E-state index in [0.29, 0.717) is 10.0 Å². The van der Waals surface area contributed by atoms with Gasteiger partial charge < -0.3 is 0 Å². The van der Waals surface area contributed by atoms with E-state index in [1.807, 2.05) is 0 Å². The van der Waals surface area contributed by atoms with E-state index in [0.717, 1.165) is 11.1 Å². The van der Waals surface area contributed by atoms with Crippen LogP contribution in [-0.4, -0.2) is 24.2 Å². The molecule has 8 heteroatoms. The summed E-state index contributed by atoms with van der Waals surface area (Å²) in [5, 5.41) is 8.64. The third-order valence-corrected chi connectivity index (χ3v) is 3.29. The van der Waals surface area contributed by atoms with Crippen LogP contribution in [0.25, 0.3) is 0 Å². The molecule has 0 saturated heterocycles. The first kappa shape index (κ1) is 18.6. The second-order valence-electron chi connectivity index (χ2n) is 4.87. The number of halogens is 2. The smallest absolute Gasteiger partial charge is 0.249 e. The van der Waals surface area contributed by atoms with Gasteiger partial charge >= 0.3 is 0 Å². The maximum absolute atomic E-state index is 11.6. The highest BCUT2D eigenvalue weighted by atomic mass is 35.5. The molecular weight excluding hydrogens is 363 g/mol. The molecule has 0 aliphatic carbocycles. The summed E-state index contributed by atoms with van der Waals surface area (Å²) in [6.07, 6.45) is 2.46. The number of benzene rings is 2. The van der Waals surface area contributed by atoms with Gasteiger partial charge in [0.15, 0.2) is 0 Å². The summed E-state index contributed by atoms with van der Waals surface area (Å²) < 4.78 is 0. The molecule has 0 aromatic heterocycles. The van der Waals surface area contributed by atoms with Crippen molar-refractivity contribution in [2.45, 2.75) is 6.42 Å². The van der Waals surface area contributed by atoms with Gasteiger partial charge in [-0.1, -0.05) is 47.5 Å².